The fraction of sp³-hybridized carbons (Fsp3) is 0.647. The lowest BCUT2D eigenvalue weighted by Gasteiger charge is -2.41. The molecule has 4 atom stereocenters. The minimum Gasteiger partial charge on any atom is -0.391 e. The van der Waals surface area contributed by atoms with Crippen molar-refractivity contribution in [3.8, 4) is 0 Å². The fourth-order valence-corrected chi connectivity index (χ4v) is 5.79. The van der Waals surface area contributed by atoms with Gasteiger partial charge in [-0.3, -0.25) is 9.59 Å². The molecule has 7 nitrogen and oxygen atoms in total. The minimum atomic E-state index is -1.19. The van der Waals surface area contributed by atoms with Gasteiger partial charge in [-0.15, -0.1) is 0 Å². The Hall–Kier alpha value is -2.48. The summed E-state index contributed by atoms with van der Waals surface area (Å²) < 4.78 is 5.92. The van der Waals surface area contributed by atoms with Crippen LogP contribution in [0.25, 0.3) is 0 Å². The van der Waals surface area contributed by atoms with Crippen molar-refractivity contribution in [2.45, 2.75) is 85.2 Å². The second-order valence-corrected chi connectivity index (χ2v) is 11.5. The SMILES string of the molecule is CCCCC(CC)COCCNC[C@H](O)[C@@H](Cc1ccccc1)C1(C(N)=O)C=CC=C(C(=O)N(CCC)CCC)C1. The van der Waals surface area contributed by atoms with Crippen LogP contribution in [0, 0.1) is 17.3 Å². The first-order chi connectivity index (χ1) is 19.8. The number of ether oxygens (including phenoxy) is 1. The van der Waals surface area contributed by atoms with E-state index in [0.717, 1.165) is 31.4 Å². The van der Waals surface area contributed by atoms with E-state index in [0.29, 0.717) is 50.7 Å². The maximum Gasteiger partial charge on any atom is 0.249 e. The highest BCUT2D eigenvalue weighted by atomic mass is 16.5. The molecule has 1 aliphatic rings. The Bertz CT molecular complexity index is 958. The monoisotopic (exact) mass is 569 g/mol. The molecule has 1 aromatic carbocycles. The number of carbonyl (C=O) groups excluding carboxylic acids is 2. The smallest absolute Gasteiger partial charge is 0.249 e. The Morgan fingerprint density at radius 1 is 1.10 bits per heavy atom. The van der Waals surface area contributed by atoms with Crippen molar-refractivity contribution in [3.05, 3.63) is 59.7 Å². The second-order valence-electron chi connectivity index (χ2n) is 11.5. The van der Waals surface area contributed by atoms with Crippen molar-refractivity contribution >= 4 is 11.8 Å². The normalized spacial score (nSPS) is 18.9. The summed E-state index contributed by atoms with van der Waals surface area (Å²) in [5.41, 5.74) is 6.51. The van der Waals surface area contributed by atoms with Gasteiger partial charge in [0.15, 0.2) is 0 Å². The molecular weight excluding hydrogens is 514 g/mol. The number of hydrogen-bond acceptors (Lipinski definition) is 5. The molecule has 4 N–H and O–H groups in total. The number of hydrogen-bond donors (Lipinski definition) is 3. The molecule has 1 aromatic rings. The van der Waals surface area contributed by atoms with Crippen LogP contribution >= 0.6 is 0 Å². The van der Waals surface area contributed by atoms with Gasteiger partial charge in [-0.1, -0.05) is 95.5 Å². The second kappa shape index (κ2) is 18.9. The number of amides is 2. The molecule has 41 heavy (non-hydrogen) atoms. The van der Waals surface area contributed by atoms with Crippen molar-refractivity contribution in [1.29, 1.82) is 0 Å². The Labute approximate surface area is 248 Å². The van der Waals surface area contributed by atoms with E-state index in [4.69, 9.17) is 10.5 Å². The van der Waals surface area contributed by atoms with E-state index in [-0.39, 0.29) is 12.3 Å². The molecule has 0 spiro atoms. The van der Waals surface area contributed by atoms with Crippen LogP contribution < -0.4 is 11.1 Å². The zero-order chi connectivity index (χ0) is 30.1. The van der Waals surface area contributed by atoms with Gasteiger partial charge in [0.25, 0.3) is 0 Å². The molecular formula is C34H55N3O4. The van der Waals surface area contributed by atoms with Crippen molar-refractivity contribution in [2.24, 2.45) is 23.0 Å². The van der Waals surface area contributed by atoms with Crippen LogP contribution in [0.15, 0.2) is 54.1 Å². The van der Waals surface area contributed by atoms with Gasteiger partial charge in [-0.25, -0.2) is 0 Å². The van der Waals surface area contributed by atoms with Crippen LogP contribution in [0.2, 0.25) is 0 Å². The van der Waals surface area contributed by atoms with Gasteiger partial charge in [0, 0.05) is 44.3 Å². The molecule has 0 bridgehead atoms. The van der Waals surface area contributed by atoms with Crippen molar-refractivity contribution in [1.82, 2.24) is 10.2 Å². The molecule has 230 valence electrons. The minimum absolute atomic E-state index is 0.0591. The Morgan fingerprint density at radius 2 is 1.80 bits per heavy atom. The molecule has 2 amide bonds. The van der Waals surface area contributed by atoms with Gasteiger partial charge >= 0.3 is 0 Å². The molecule has 0 aromatic heterocycles. The lowest BCUT2D eigenvalue weighted by atomic mass is 9.64. The van der Waals surface area contributed by atoms with Crippen LogP contribution in [-0.4, -0.2) is 67.3 Å². The summed E-state index contributed by atoms with van der Waals surface area (Å²) in [6.07, 6.45) is 11.6. The van der Waals surface area contributed by atoms with E-state index in [1.54, 1.807) is 18.2 Å². The van der Waals surface area contributed by atoms with E-state index in [1.165, 1.54) is 19.3 Å². The summed E-state index contributed by atoms with van der Waals surface area (Å²) in [7, 11) is 0. The van der Waals surface area contributed by atoms with Gasteiger partial charge in [0.2, 0.25) is 11.8 Å². The highest BCUT2D eigenvalue weighted by molar-refractivity contribution is 5.96. The maximum absolute atomic E-state index is 13.5. The van der Waals surface area contributed by atoms with Gasteiger partial charge in [-0.2, -0.15) is 0 Å². The lowest BCUT2D eigenvalue weighted by Crippen LogP contribution is -2.51. The van der Waals surface area contributed by atoms with Gasteiger partial charge in [0.1, 0.15) is 0 Å². The van der Waals surface area contributed by atoms with Gasteiger partial charge in [0.05, 0.1) is 18.1 Å². The number of nitrogens with one attached hydrogen (secondary N) is 1. The number of nitrogens with zero attached hydrogens (tertiary/aromatic N) is 1. The first-order valence-electron chi connectivity index (χ1n) is 15.8. The zero-order valence-electron chi connectivity index (χ0n) is 25.9. The van der Waals surface area contributed by atoms with Crippen LogP contribution in [0.3, 0.4) is 0 Å². The Kier molecular flexibility index (Phi) is 16.0. The quantitative estimate of drug-likeness (QED) is 0.180. The van der Waals surface area contributed by atoms with Crippen molar-refractivity contribution < 1.29 is 19.4 Å². The molecule has 2 unspecified atom stereocenters. The standard InChI is InChI=1S/C34H55N3O4/c1-5-9-14-27(8-4)26-41-22-19-36-25-31(38)30(23-28-15-11-10-12-16-28)34(33(35)40)18-13-17-29(24-34)32(39)37(20-6-2)21-7-3/h10-13,15-18,27,30-31,36,38H,5-9,14,19-26H2,1-4H3,(H2,35,40)/t27?,30-,31+,34?/m1/s1. The number of benzene rings is 1. The predicted octanol–water partition coefficient (Wildman–Crippen LogP) is 5.04. The number of aliphatic hydroxyl groups is 1. The number of nitrogens with two attached hydrogens (primary N) is 1. The van der Waals surface area contributed by atoms with E-state index in [2.05, 4.69) is 33.0 Å². The van der Waals surface area contributed by atoms with Crippen molar-refractivity contribution in [3.63, 3.8) is 0 Å². The first-order valence-corrected chi connectivity index (χ1v) is 15.8. The molecule has 0 aliphatic heterocycles. The Balaban J connectivity index is 2.16. The van der Waals surface area contributed by atoms with Crippen molar-refractivity contribution in [2.75, 3.05) is 39.4 Å². The average molecular weight is 570 g/mol. The van der Waals surface area contributed by atoms with Crippen LogP contribution in [0.5, 0.6) is 0 Å². The molecule has 1 aliphatic carbocycles. The maximum atomic E-state index is 13.5. The number of unbranched alkanes of at least 4 members (excludes halogenated alkanes) is 1. The highest BCUT2D eigenvalue weighted by Gasteiger charge is 2.47. The molecule has 0 radical (unpaired) electrons. The molecule has 0 saturated heterocycles. The molecule has 0 heterocycles. The molecule has 0 fully saturated rings. The molecule has 2 rings (SSSR count). The summed E-state index contributed by atoms with van der Waals surface area (Å²) in [6, 6.07) is 9.85. The fourth-order valence-electron chi connectivity index (χ4n) is 5.79. The van der Waals surface area contributed by atoms with Crippen LogP contribution in [0.4, 0.5) is 0 Å². The highest BCUT2D eigenvalue weighted by Crippen LogP contribution is 2.43. The number of rotatable bonds is 21. The van der Waals surface area contributed by atoms with Crippen LogP contribution in [-0.2, 0) is 20.7 Å². The third-order valence-electron chi connectivity index (χ3n) is 8.28. The van der Waals surface area contributed by atoms with Crippen LogP contribution in [0.1, 0.15) is 78.2 Å². The van der Waals surface area contributed by atoms with E-state index in [9.17, 15) is 14.7 Å². The average Bonchev–Trinajstić information content (AvgIpc) is 2.99. The Morgan fingerprint density at radius 3 is 2.41 bits per heavy atom. The number of carbonyl (C=O) groups is 2. The summed E-state index contributed by atoms with van der Waals surface area (Å²) >= 11 is 0. The molecule has 7 heteroatoms. The third-order valence-corrected chi connectivity index (χ3v) is 8.28. The predicted molar refractivity (Wildman–Crippen MR) is 167 cm³/mol. The van der Waals surface area contributed by atoms with Gasteiger partial charge < -0.3 is 25.8 Å². The summed E-state index contributed by atoms with van der Waals surface area (Å²) in [5.74, 6) is -0.519. The van der Waals surface area contributed by atoms with Gasteiger partial charge in [-0.05, 0) is 43.6 Å². The first kappa shape index (κ1) is 34.7. The third kappa shape index (κ3) is 10.7. The number of aliphatic hydroxyl groups excluding tert-OH is 1. The summed E-state index contributed by atoms with van der Waals surface area (Å²) in [5, 5.41) is 14.9. The zero-order valence-corrected chi connectivity index (χ0v) is 25.9. The van der Waals surface area contributed by atoms with E-state index >= 15 is 0 Å². The topological polar surface area (TPSA) is 105 Å². The lowest BCUT2D eigenvalue weighted by molar-refractivity contribution is -0.132. The number of allylic oxidation sites excluding steroid dienone is 2. The van der Waals surface area contributed by atoms with E-state index < -0.39 is 23.3 Å². The largest absolute Gasteiger partial charge is 0.391 e. The number of primary amides is 1. The summed E-state index contributed by atoms with van der Waals surface area (Å²) in [4.78, 5) is 28.6. The van der Waals surface area contributed by atoms with E-state index in [1.807, 2.05) is 35.2 Å². The summed E-state index contributed by atoms with van der Waals surface area (Å²) in [6.45, 7) is 12.1. The molecule has 0 saturated carbocycles.